The molecular weight excluding hydrogens is 362 g/mol. The van der Waals surface area contributed by atoms with Crippen molar-refractivity contribution >= 4 is 11.9 Å². The zero-order valence-corrected chi connectivity index (χ0v) is 16.3. The lowest BCUT2D eigenvalue weighted by Crippen LogP contribution is -2.25. The monoisotopic (exact) mass is 387 g/mol. The molecule has 2 aromatic rings. The first-order valence-electron chi connectivity index (χ1n) is 9.08. The Hall–Kier alpha value is -3.22. The van der Waals surface area contributed by atoms with Gasteiger partial charge in [0.1, 0.15) is 5.75 Å². The van der Waals surface area contributed by atoms with E-state index in [9.17, 15) is 9.59 Å². The predicted molar refractivity (Wildman–Crippen MR) is 105 cm³/mol. The van der Waals surface area contributed by atoms with Gasteiger partial charge >= 0.3 is 5.97 Å². The third-order valence-corrected chi connectivity index (χ3v) is 4.02. The standard InChI is InChI=1S/C21H25NO6/c1-4-27-17-9-8-15(12-19(17)28-5-2)20(23)22-11-10-14-6-7-16(21(24)25)13-18(14)26-3/h6-9,12-13H,4-5,10-11H2,1-3H3,(H,22,23)(H,24,25). The van der Waals surface area contributed by atoms with Crippen molar-refractivity contribution in [3.05, 3.63) is 53.1 Å². The summed E-state index contributed by atoms with van der Waals surface area (Å²) in [5.74, 6) is 0.366. The molecule has 0 fully saturated rings. The third-order valence-electron chi connectivity index (χ3n) is 4.02. The molecular formula is C21H25NO6. The van der Waals surface area contributed by atoms with Gasteiger partial charge in [0.2, 0.25) is 0 Å². The van der Waals surface area contributed by atoms with Crippen molar-refractivity contribution in [2.45, 2.75) is 20.3 Å². The van der Waals surface area contributed by atoms with Crippen molar-refractivity contribution in [1.29, 1.82) is 0 Å². The van der Waals surface area contributed by atoms with E-state index >= 15 is 0 Å². The largest absolute Gasteiger partial charge is 0.496 e. The number of benzene rings is 2. The highest BCUT2D eigenvalue weighted by Crippen LogP contribution is 2.28. The quantitative estimate of drug-likeness (QED) is 0.650. The second kappa shape index (κ2) is 10.2. The molecule has 0 heterocycles. The van der Waals surface area contributed by atoms with Crippen molar-refractivity contribution in [1.82, 2.24) is 5.32 Å². The fourth-order valence-corrected chi connectivity index (χ4v) is 2.69. The number of rotatable bonds is 10. The van der Waals surface area contributed by atoms with Crippen LogP contribution < -0.4 is 19.5 Å². The molecule has 2 N–H and O–H groups in total. The zero-order chi connectivity index (χ0) is 20.5. The summed E-state index contributed by atoms with van der Waals surface area (Å²) >= 11 is 0. The van der Waals surface area contributed by atoms with E-state index in [0.29, 0.717) is 49.0 Å². The van der Waals surface area contributed by atoms with E-state index < -0.39 is 5.97 Å². The van der Waals surface area contributed by atoms with Crippen LogP contribution in [0.1, 0.15) is 40.1 Å². The fourth-order valence-electron chi connectivity index (χ4n) is 2.69. The normalized spacial score (nSPS) is 10.2. The van der Waals surface area contributed by atoms with Gasteiger partial charge in [-0.05, 0) is 56.2 Å². The van der Waals surface area contributed by atoms with E-state index in [1.54, 1.807) is 24.3 Å². The van der Waals surface area contributed by atoms with Gasteiger partial charge in [-0.2, -0.15) is 0 Å². The maximum Gasteiger partial charge on any atom is 0.335 e. The molecule has 7 nitrogen and oxygen atoms in total. The van der Waals surface area contributed by atoms with Crippen LogP contribution in [0.5, 0.6) is 17.2 Å². The van der Waals surface area contributed by atoms with Gasteiger partial charge < -0.3 is 24.6 Å². The number of hydrogen-bond acceptors (Lipinski definition) is 5. The van der Waals surface area contributed by atoms with Crippen molar-refractivity contribution in [2.75, 3.05) is 26.9 Å². The number of hydrogen-bond donors (Lipinski definition) is 2. The maximum absolute atomic E-state index is 12.4. The molecule has 1 amide bonds. The number of nitrogens with one attached hydrogen (secondary N) is 1. The van der Waals surface area contributed by atoms with Gasteiger partial charge in [0, 0.05) is 12.1 Å². The Kier molecular flexibility index (Phi) is 7.68. The fraction of sp³-hybridized carbons (Fsp3) is 0.333. The molecule has 0 aliphatic heterocycles. The molecule has 2 aromatic carbocycles. The van der Waals surface area contributed by atoms with Gasteiger partial charge in [-0.3, -0.25) is 4.79 Å². The topological polar surface area (TPSA) is 94.1 Å². The van der Waals surface area contributed by atoms with E-state index in [1.807, 2.05) is 13.8 Å². The zero-order valence-electron chi connectivity index (χ0n) is 16.3. The molecule has 0 saturated heterocycles. The Bertz CT molecular complexity index is 834. The van der Waals surface area contributed by atoms with E-state index in [2.05, 4.69) is 5.32 Å². The molecule has 0 radical (unpaired) electrons. The van der Waals surface area contributed by atoms with Crippen molar-refractivity contribution in [3.8, 4) is 17.2 Å². The van der Waals surface area contributed by atoms with E-state index in [4.69, 9.17) is 19.3 Å². The van der Waals surface area contributed by atoms with E-state index in [-0.39, 0.29) is 11.5 Å². The lowest BCUT2D eigenvalue weighted by molar-refractivity contribution is 0.0696. The smallest absolute Gasteiger partial charge is 0.335 e. The predicted octanol–water partition coefficient (Wildman–Crippen LogP) is 3.16. The number of carbonyl (C=O) groups excluding carboxylic acids is 1. The van der Waals surface area contributed by atoms with Crippen molar-refractivity contribution < 1.29 is 28.9 Å². The molecule has 7 heteroatoms. The molecule has 150 valence electrons. The van der Waals surface area contributed by atoms with Gasteiger partial charge in [-0.15, -0.1) is 0 Å². The molecule has 0 atom stereocenters. The van der Waals surface area contributed by atoms with Gasteiger partial charge in [-0.1, -0.05) is 6.07 Å². The number of methoxy groups -OCH3 is 1. The maximum atomic E-state index is 12.4. The minimum Gasteiger partial charge on any atom is -0.496 e. The number of carboxylic acids is 1. The molecule has 2 rings (SSSR count). The van der Waals surface area contributed by atoms with Gasteiger partial charge in [0.25, 0.3) is 5.91 Å². The summed E-state index contributed by atoms with van der Waals surface area (Å²) in [5.41, 5.74) is 1.44. The summed E-state index contributed by atoms with van der Waals surface area (Å²) in [6.45, 7) is 5.10. The summed E-state index contributed by atoms with van der Waals surface area (Å²) in [6, 6.07) is 9.75. The molecule has 28 heavy (non-hydrogen) atoms. The number of amides is 1. The highest BCUT2D eigenvalue weighted by molar-refractivity contribution is 5.94. The molecule has 0 unspecified atom stereocenters. The van der Waals surface area contributed by atoms with Crippen LogP contribution in [0.25, 0.3) is 0 Å². The Morgan fingerprint density at radius 2 is 1.57 bits per heavy atom. The number of aromatic carboxylic acids is 1. The first-order chi connectivity index (χ1) is 13.5. The van der Waals surface area contributed by atoms with Gasteiger partial charge in [0.05, 0.1) is 25.9 Å². The van der Waals surface area contributed by atoms with Crippen LogP contribution >= 0.6 is 0 Å². The average molecular weight is 387 g/mol. The summed E-state index contributed by atoms with van der Waals surface area (Å²) in [6.07, 6.45) is 0.504. The van der Waals surface area contributed by atoms with E-state index in [1.165, 1.54) is 19.2 Å². The first-order valence-corrected chi connectivity index (χ1v) is 9.08. The Morgan fingerprint density at radius 3 is 2.21 bits per heavy atom. The minimum atomic E-state index is -1.02. The first kappa shape index (κ1) is 21.1. The number of carboxylic acid groups (broad SMARTS) is 1. The van der Waals surface area contributed by atoms with Crippen LogP contribution in [0.3, 0.4) is 0 Å². The Labute approximate surface area is 164 Å². The summed E-state index contributed by atoms with van der Waals surface area (Å²) < 4.78 is 16.3. The molecule has 0 spiro atoms. The summed E-state index contributed by atoms with van der Waals surface area (Å²) in [5, 5.41) is 11.9. The van der Waals surface area contributed by atoms with Crippen LogP contribution in [0.4, 0.5) is 0 Å². The van der Waals surface area contributed by atoms with Crippen molar-refractivity contribution in [2.24, 2.45) is 0 Å². The molecule has 0 bridgehead atoms. The van der Waals surface area contributed by atoms with Crippen LogP contribution in [0.15, 0.2) is 36.4 Å². The van der Waals surface area contributed by atoms with Gasteiger partial charge in [0.15, 0.2) is 11.5 Å². The Morgan fingerprint density at radius 1 is 0.929 bits per heavy atom. The van der Waals surface area contributed by atoms with Crippen LogP contribution in [-0.2, 0) is 6.42 Å². The molecule has 0 aliphatic rings. The highest BCUT2D eigenvalue weighted by Gasteiger charge is 2.13. The lowest BCUT2D eigenvalue weighted by Gasteiger charge is -2.13. The lowest BCUT2D eigenvalue weighted by atomic mass is 10.1. The second-order valence-electron chi connectivity index (χ2n) is 5.87. The molecule has 0 saturated carbocycles. The van der Waals surface area contributed by atoms with E-state index in [0.717, 1.165) is 5.56 Å². The molecule has 0 aromatic heterocycles. The van der Waals surface area contributed by atoms with Crippen LogP contribution in [0, 0.1) is 0 Å². The minimum absolute atomic E-state index is 0.155. The molecule has 0 aliphatic carbocycles. The third kappa shape index (κ3) is 5.39. The van der Waals surface area contributed by atoms with Crippen molar-refractivity contribution in [3.63, 3.8) is 0 Å². The average Bonchev–Trinajstić information content (AvgIpc) is 2.69. The van der Waals surface area contributed by atoms with Crippen LogP contribution in [-0.4, -0.2) is 43.9 Å². The number of ether oxygens (including phenoxy) is 3. The number of carbonyl (C=O) groups is 2. The van der Waals surface area contributed by atoms with Gasteiger partial charge in [-0.25, -0.2) is 4.79 Å². The summed E-state index contributed by atoms with van der Waals surface area (Å²) in [4.78, 5) is 23.5. The highest BCUT2D eigenvalue weighted by atomic mass is 16.5. The second-order valence-corrected chi connectivity index (χ2v) is 5.87. The Balaban J connectivity index is 2.02. The SMILES string of the molecule is CCOc1ccc(C(=O)NCCc2ccc(C(=O)O)cc2OC)cc1OCC. The van der Waals surface area contributed by atoms with Crippen LogP contribution in [0.2, 0.25) is 0 Å². The summed E-state index contributed by atoms with van der Waals surface area (Å²) in [7, 11) is 1.48.